The van der Waals surface area contributed by atoms with E-state index >= 15 is 0 Å². The maximum Gasteiger partial charge on any atom is 0.136 e. The third kappa shape index (κ3) is 3.65. The Morgan fingerprint density at radius 3 is 1.44 bits per heavy atom. The minimum Gasteiger partial charge on any atom is -0.456 e. The molecule has 1 heteroatoms. The van der Waals surface area contributed by atoms with Crippen LogP contribution < -0.4 is 0 Å². The summed E-state index contributed by atoms with van der Waals surface area (Å²) in [7, 11) is 0. The number of hydrogen-bond acceptors (Lipinski definition) is 1. The van der Waals surface area contributed by atoms with E-state index in [0.717, 1.165) is 27.5 Å². The zero-order valence-electron chi connectivity index (χ0n) is 23.4. The minimum absolute atomic E-state index is 0.917. The van der Waals surface area contributed by atoms with Crippen molar-refractivity contribution in [2.24, 2.45) is 0 Å². The van der Waals surface area contributed by atoms with Crippen molar-refractivity contribution >= 4 is 54.3 Å². The van der Waals surface area contributed by atoms with Crippen LogP contribution in [0.1, 0.15) is 0 Å². The smallest absolute Gasteiger partial charge is 0.136 e. The molecule has 0 saturated carbocycles. The fourth-order valence-electron chi connectivity index (χ4n) is 7.00. The van der Waals surface area contributed by atoms with Gasteiger partial charge in [0.25, 0.3) is 0 Å². The van der Waals surface area contributed by atoms with Crippen LogP contribution >= 0.6 is 0 Å². The number of benzene rings is 8. The summed E-state index contributed by atoms with van der Waals surface area (Å²) >= 11 is 0. The van der Waals surface area contributed by atoms with Crippen LogP contribution in [0.5, 0.6) is 0 Å². The van der Waals surface area contributed by atoms with Gasteiger partial charge in [-0.2, -0.15) is 0 Å². The van der Waals surface area contributed by atoms with E-state index in [4.69, 9.17) is 4.42 Å². The van der Waals surface area contributed by atoms with Crippen LogP contribution in [0.4, 0.5) is 0 Å². The molecule has 0 bridgehead atoms. The Morgan fingerprint density at radius 1 is 0.279 bits per heavy atom. The summed E-state index contributed by atoms with van der Waals surface area (Å²) in [5.74, 6) is 0. The van der Waals surface area contributed by atoms with Crippen molar-refractivity contribution in [3.63, 3.8) is 0 Å². The lowest BCUT2D eigenvalue weighted by atomic mass is 9.84. The van der Waals surface area contributed by atoms with E-state index in [-0.39, 0.29) is 0 Å². The van der Waals surface area contributed by atoms with Crippen molar-refractivity contribution in [1.29, 1.82) is 0 Å². The van der Waals surface area contributed by atoms with E-state index in [1.165, 1.54) is 60.1 Å². The molecule has 0 aliphatic heterocycles. The van der Waals surface area contributed by atoms with Gasteiger partial charge in [0.05, 0.1) is 0 Å². The second-order valence-electron chi connectivity index (χ2n) is 11.2. The van der Waals surface area contributed by atoms with Crippen LogP contribution in [-0.4, -0.2) is 0 Å². The first-order valence-corrected chi connectivity index (χ1v) is 14.8. The van der Waals surface area contributed by atoms with Gasteiger partial charge in [-0.25, -0.2) is 0 Å². The summed E-state index contributed by atoms with van der Waals surface area (Å²) in [5, 5.41) is 9.85. The summed E-state index contributed by atoms with van der Waals surface area (Å²) in [6.45, 7) is 0. The molecule has 1 aromatic heterocycles. The average Bonchev–Trinajstić information content (AvgIpc) is 3.45. The maximum atomic E-state index is 6.26. The highest BCUT2D eigenvalue weighted by atomic mass is 16.3. The normalized spacial score (nSPS) is 11.7. The molecule has 0 saturated heterocycles. The number of fused-ring (bicyclic) bond motifs is 6. The third-order valence-electron chi connectivity index (χ3n) is 8.88. The SMILES string of the molecule is c1ccc(-c2c3ccccc3c(-c3ccc(-c4ccc5c(c4)oc4ccccc45)c4ccccc34)c3ccccc23)cc1. The van der Waals surface area contributed by atoms with Gasteiger partial charge in [-0.15, -0.1) is 0 Å². The van der Waals surface area contributed by atoms with Crippen LogP contribution in [0.2, 0.25) is 0 Å². The van der Waals surface area contributed by atoms with Gasteiger partial charge < -0.3 is 4.42 Å². The molecular formula is C42H26O. The molecule has 0 radical (unpaired) electrons. The third-order valence-corrected chi connectivity index (χ3v) is 8.88. The molecule has 1 nitrogen and oxygen atoms in total. The summed E-state index contributed by atoms with van der Waals surface area (Å²) in [5.41, 5.74) is 9.25. The van der Waals surface area contributed by atoms with Crippen molar-refractivity contribution in [2.75, 3.05) is 0 Å². The molecular weight excluding hydrogens is 520 g/mol. The molecule has 200 valence electrons. The van der Waals surface area contributed by atoms with Crippen LogP contribution in [0.25, 0.3) is 87.6 Å². The predicted octanol–water partition coefficient (Wildman–Crippen LogP) is 12.0. The first kappa shape index (κ1) is 24.0. The zero-order chi connectivity index (χ0) is 28.3. The van der Waals surface area contributed by atoms with Crippen LogP contribution in [0.15, 0.2) is 162 Å². The Bertz CT molecular complexity index is 2440. The molecule has 0 aliphatic carbocycles. The number of hydrogen-bond donors (Lipinski definition) is 0. The molecule has 0 amide bonds. The van der Waals surface area contributed by atoms with Gasteiger partial charge in [0.2, 0.25) is 0 Å². The fourth-order valence-corrected chi connectivity index (χ4v) is 7.00. The highest BCUT2D eigenvalue weighted by Gasteiger charge is 2.19. The predicted molar refractivity (Wildman–Crippen MR) is 183 cm³/mol. The van der Waals surface area contributed by atoms with Gasteiger partial charge in [-0.1, -0.05) is 140 Å². The number of furan rings is 1. The molecule has 0 atom stereocenters. The van der Waals surface area contributed by atoms with Crippen molar-refractivity contribution in [1.82, 2.24) is 0 Å². The lowest BCUT2D eigenvalue weighted by Crippen LogP contribution is -1.92. The van der Waals surface area contributed by atoms with Crippen LogP contribution in [0, 0.1) is 0 Å². The maximum absolute atomic E-state index is 6.26. The van der Waals surface area contributed by atoms with Crippen molar-refractivity contribution in [3.05, 3.63) is 158 Å². The topological polar surface area (TPSA) is 13.1 Å². The zero-order valence-corrected chi connectivity index (χ0v) is 23.4. The van der Waals surface area contributed by atoms with E-state index in [1.807, 2.05) is 12.1 Å². The quantitative estimate of drug-likeness (QED) is 0.201. The molecule has 0 unspecified atom stereocenters. The Kier molecular flexibility index (Phi) is 5.27. The van der Waals surface area contributed by atoms with Gasteiger partial charge in [0, 0.05) is 10.8 Å². The lowest BCUT2D eigenvalue weighted by Gasteiger charge is -2.19. The summed E-state index contributed by atoms with van der Waals surface area (Å²) in [4.78, 5) is 0. The van der Waals surface area contributed by atoms with Gasteiger partial charge in [0.1, 0.15) is 11.2 Å². The largest absolute Gasteiger partial charge is 0.456 e. The number of para-hydroxylation sites is 1. The summed E-state index contributed by atoms with van der Waals surface area (Å²) in [6, 6.07) is 56.8. The highest BCUT2D eigenvalue weighted by molar-refractivity contribution is 6.24. The fraction of sp³-hybridized carbons (Fsp3) is 0. The Balaban J connectivity index is 1.33. The Labute approximate surface area is 249 Å². The van der Waals surface area contributed by atoms with E-state index in [0.29, 0.717) is 0 Å². The molecule has 43 heavy (non-hydrogen) atoms. The number of rotatable bonds is 3. The van der Waals surface area contributed by atoms with Crippen LogP contribution in [0.3, 0.4) is 0 Å². The summed E-state index contributed by atoms with van der Waals surface area (Å²) in [6.07, 6.45) is 0. The van der Waals surface area contributed by atoms with Crippen molar-refractivity contribution in [3.8, 4) is 33.4 Å². The molecule has 8 aromatic carbocycles. The second-order valence-corrected chi connectivity index (χ2v) is 11.2. The molecule has 9 rings (SSSR count). The monoisotopic (exact) mass is 546 g/mol. The standard InChI is InChI=1S/C42H26O/c1-2-12-27(13-3-1)41-34-17-6-8-19-36(34)42(37-20-9-7-18-35(37)41)38-25-24-29(30-14-4-5-15-31(30)38)28-22-23-33-32-16-10-11-21-39(32)43-40(33)26-28/h1-26H. The van der Waals surface area contributed by atoms with E-state index in [1.54, 1.807) is 0 Å². The summed E-state index contributed by atoms with van der Waals surface area (Å²) < 4.78 is 6.26. The molecule has 0 spiro atoms. The molecule has 0 N–H and O–H groups in total. The van der Waals surface area contributed by atoms with E-state index in [9.17, 15) is 0 Å². The molecule has 0 fully saturated rings. The van der Waals surface area contributed by atoms with Crippen molar-refractivity contribution < 1.29 is 4.42 Å². The second kappa shape index (κ2) is 9.44. The van der Waals surface area contributed by atoms with Gasteiger partial charge in [-0.3, -0.25) is 0 Å². The minimum atomic E-state index is 0.917. The van der Waals surface area contributed by atoms with Gasteiger partial charge in [0.15, 0.2) is 0 Å². The van der Waals surface area contributed by atoms with E-state index in [2.05, 4.69) is 146 Å². The molecule has 0 aliphatic rings. The Hall–Kier alpha value is -5.66. The first-order valence-electron chi connectivity index (χ1n) is 14.8. The lowest BCUT2D eigenvalue weighted by molar-refractivity contribution is 0.669. The van der Waals surface area contributed by atoms with Crippen molar-refractivity contribution in [2.45, 2.75) is 0 Å². The average molecular weight is 547 g/mol. The Morgan fingerprint density at radius 2 is 0.767 bits per heavy atom. The van der Waals surface area contributed by atoms with E-state index < -0.39 is 0 Å². The first-order chi connectivity index (χ1) is 21.3. The molecule has 1 heterocycles. The van der Waals surface area contributed by atoms with Crippen LogP contribution in [-0.2, 0) is 0 Å². The van der Waals surface area contributed by atoms with Gasteiger partial charge in [-0.05, 0) is 83.9 Å². The highest BCUT2D eigenvalue weighted by Crippen LogP contribution is 2.46. The van der Waals surface area contributed by atoms with Gasteiger partial charge >= 0.3 is 0 Å². The molecule has 9 aromatic rings.